The van der Waals surface area contributed by atoms with E-state index in [1.807, 2.05) is 18.3 Å². The highest BCUT2D eigenvalue weighted by Crippen LogP contribution is 2.28. The fourth-order valence-corrected chi connectivity index (χ4v) is 5.24. The molecule has 1 atom stereocenters. The molecule has 0 bridgehead atoms. The van der Waals surface area contributed by atoms with Crippen LogP contribution in [0.25, 0.3) is 0 Å². The molecular weight excluding hydrogens is 418 g/mol. The Hall–Kier alpha value is -1.77. The molecule has 0 amide bonds. The number of ether oxygens (including phenoxy) is 1. The summed E-state index contributed by atoms with van der Waals surface area (Å²) in [5.41, 5.74) is 2.23. The minimum absolute atomic E-state index is 0.200. The number of likely N-dealkylation sites (tertiary alicyclic amines) is 2. The normalized spacial score (nSPS) is 20.4. The van der Waals surface area contributed by atoms with Crippen LogP contribution in [0.15, 0.2) is 41.7 Å². The first kappa shape index (κ1) is 22.4. The molecule has 2 saturated heterocycles. The van der Waals surface area contributed by atoms with Crippen LogP contribution in [0, 0.1) is 0 Å². The summed E-state index contributed by atoms with van der Waals surface area (Å²) >= 11 is 1.75. The number of aromatic nitrogens is 2. The molecule has 31 heavy (non-hydrogen) atoms. The van der Waals surface area contributed by atoms with Crippen LogP contribution in [-0.2, 0) is 6.54 Å². The number of halogens is 2. The Kier molecular flexibility index (Phi) is 8.10. The molecule has 0 spiro atoms. The molecule has 3 heterocycles. The van der Waals surface area contributed by atoms with Gasteiger partial charge in [-0.2, -0.15) is 8.78 Å². The van der Waals surface area contributed by atoms with Gasteiger partial charge in [-0.3, -0.25) is 4.90 Å². The van der Waals surface area contributed by atoms with Gasteiger partial charge in [0.2, 0.25) is 0 Å². The van der Waals surface area contributed by atoms with E-state index in [0.29, 0.717) is 5.92 Å². The summed E-state index contributed by atoms with van der Waals surface area (Å²) in [6.07, 6.45) is 6.79. The maximum atomic E-state index is 12.3. The van der Waals surface area contributed by atoms with E-state index in [0.717, 1.165) is 61.2 Å². The van der Waals surface area contributed by atoms with Crippen LogP contribution in [-0.4, -0.2) is 64.9 Å². The van der Waals surface area contributed by atoms with Gasteiger partial charge in [0.25, 0.3) is 0 Å². The Balaban J connectivity index is 1.29. The molecule has 1 unspecified atom stereocenters. The Labute approximate surface area is 187 Å². The van der Waals surface area contributed by atoms with E-state index in [1.54, 1.807) is 23.9 Å². The van der Waals surface area contributed by atoms with Crippen LogP contribution < -0.4 is 4.74 Å². The van der Waals surface area contributed by atoms with Crippen molar-refractivity contribution in [3.05, 3.63) is 47.8 Å². The molecule has 168 valence electrons. The number of piperidine rings is 1. The number of rotatable bonds is 9. The second-order valence-corrected chi connectivity index (χ2v) is 9.32. The molecule has 0 saturated carbocycles. The van der Waals surface area contributed by atoms with E-state index in [4.69, 9.17) is 4.98 Å². The maximum absolute atomic E-state index is 12.3. The first-order chi connectivity index (χ1) is 15.2. The Morgan fingerprint density at radius 1 is 1.03 bits per heavy atom. The van der Waals surface area contributed by atoms with Crippen LogP contribution in [0.2, 0.25) is 0 Å². The molecule has 1 aromatic carbocycles. The monoisotopic (exact) mass is 448 g/mol. The highest BCUT2D eigenvalue weighted by molar-refractivity contribution is 7.99. The first-order valence-corrected chi connectivity index (χ1v) is 12.1. The van der Waals surface area contributed by atoms with Gasteiger partial charge in [-0.05, 0) is 69.1 Å². The third-order valence-corrected chi connectivity index (χ3v) is 6.81. The van der Waals surface area contributed by atoms with Gasteiger partial charge in [-0.15, -0.1) is 0 Å². The molecule has 2 aliphatic heterocycles. The first-order valence-electron chi connectivity index (χ1n) is 11.1. The average molecular weight is 449 g/mol. The van der Waals surface area contributed by atoms with Crippen LogP contribution in [0.5, 0.6) is 5.75 Å². The van der Waals surface area contributed by atoms with E-state index in [1.165, 1.54) is 25.9 Å². The molecule has 4 rings (SSSR count). The zero-order valence-corrected chi connectivity index (χ0v) is 18.6. The average Bonchev–Trinajstić information content (AvgIpc) is 3.29. The second-order valence-electron chi connectivity index (χ2n) is 8.26. The summed E-state index contributed by atoms with van der Waals surface area (Å²) in [5, 5.41) is 0.878. The fraction of sp³-hybridized carbons (Fsp3) is 0.565. The minimum atomic E-state index is -2.79. The van der Waals surface area contributed by atoms with Crippen molar-refractivity contribution < 1.29 is 13.5 Å². The minimum Gasteiger partial charge on any atom is -0.435 e. The number of nitrogens with zero attached hydrogens (tertiary/aromatic N) is 4. The lowest BCUT2D eigenvalue weighted by molar-refractivity contribution is -0.0498. The molecular formula is C23H30F2N4OS. The standard InChI is InChI=1S/C23H30F2N4OS/c24-22(25)30-20-7-5-18(6-8-20)16-29-13-3-4-19(17-29)21-9-10-26-23(27-21)31-15-14-28-11-1-2-12-28/h5-10,19,22H,1-4,11-17H2. The molecule has 1 aromatic heterocycles. The van der Waals surface area contributed by atoms with E-state index in [-0.39, 0.29) is 5.75 Å². The molecule has 2 fully saturated rings. The molecule has 0 N–H and O–H groups in total. The van der Waals surface area contributed by atoms with Crippen LogP contribution in [0.3, 0.4) is 0 Å². The van der Waals surface area contributed by atoms with Crippen molar-refractivity contribution in [3.63, 3.8) is 0 Å². The molecule has 2 aromatic rings. The smallest absolute Gasteiger partial charge is 0.387 e. The van der Waals surface area contributed by atoms with Crippen molar-refractivity contribution >= 4 is 11.8 Å². The quantitative estimate of drug-likeness (QED) is 0.411. The third kappa shape index (κ3) is 6.85. The van der Waals surface area contributed by atoms with Gasteiger partial charge in [-0.1, -0.05) is 23.9 Å². The summed E-state index contributed by atoms with van der Waals surface area (Å²) in [4.78, 5) is 14.3. The highest BCUT2D eigenvalue weighted by Gasteiger charge is 2.23. The van der Waals surface area contributed by atoms with Crippen molar-refractivity contribution in [2.24, 2.45) is 0 Å². The lowest BCUT2D eigenvalue weighted by Gasteiger charge is -2.32. The lowest BCUT2D eigenvalue weighted by Crippen LogP contribution is -2.34. The summed E-state index contributed by atoms with van der Waals surface area (Å²) in [5.74, 6) is 1.63. The van der Waals surface area contributed by atoms with Gasteiger partial charge in [0.05, 0.1) is 0 Å². The number of benzene rings is 1. The van der Waals surface area contributed by atoms with E-state index < -0.39 is 6.61 Å². The van der Waals surface area contributed by atoms with E-state index in [2.05, 4.69) is 25.6 Å². The van der Waals surface area contributed by atoms with Crippen molar-refractivity contribution in [2.75, 3.05) is 38.5 Å². The second kappa shape index (κ2) is 11.2. The summed E-state index contributed by atoms with van der Waals surface area (Å²) in [6, 6.07) is 9.00. The number of thioether (sulfide) groups is 1. The van der Waals surface area contributed by atoms with E-state index >= 15 is 0 Å². The lowest BCUT2D eigenvalue weighted by atomic mass is 9.94. The van der Waals surface area contributed by atoms with Gasteiger partial charge < -0.3 is 9.64 Å². The number of hydrogen-bond acceptors (Lipinski definition) is 6. The van der Waals surface area contributed by atoms with Gasteiger partial charge >= 0.3 is 6.61 Å². The summed E-state index contributed by atoms with van der Waals surface area (Å²) < 4.78 is 29.1. The van der Waals surface area contributed by atoms with Crippen molar-refractivity contribution in [1.82, 2.24) is 19.8 Å². The van der Waals surface area contributed by atoms with Crippen molar-refractivity contribution in [1.29, 1.82) is 0 Å². The Morgan fingerprint density at radius 2 is 1.81 bits per heavy atom. The molecule has 5 nitrogen and oxygen atoms in total. The van der Waals surface area contributed by atoms with Gasteiger partial charge in [0, 0.05) is 43.2 Å². The predicted molar refractivity (Wildman–Crippen MR) is 119 cm³/mol. The zero-order chi connectivity index (χ0) is 21.5. The van der Waals surface area contributed by atoms with Crippen LogP contribution in [0.1, 0.15) is 42.9 Å². The van der Waals surface area contributed by atoms with Crippen LogP contribution in [0.4, 0.5) is 8.78 Å². The predicted octanol–water partition coefficient (Wildman–Crippen LogP) is 4.65. The summed E-state index contributed by atoms with van der Waals surface area (Å²) in [6.45, 7) is 3.55. The molecule has 0 aliphatic carbocycles. The Morgan fingerprint density at radius 3 is 2.58 bits per heavy atom. The fourth-order valence-electron chi connectivity index (χ4n) is 4.40. The largest absolute Gasteiger partial charge is 0.435 e. The molecule has 2 aliphatic rings. The maximum Gasteiger partial charge on any atom is 0.387 e. The summed E-state index contributed by atoms with van der Waals surface area (Å²) in [7, 11) is 0. The molecule has 8 heteroatoms. The van der Waals surface area contributed by atoms with E-state index in [9.17, 15) is 8.78 Å². The van der Waals surface area contributed by atoms with Gasteiger partial charge in [0.1, 0.15) is 5.75 Å². The highest BCUT2D eigenvalue weighted by atomic mass is 32.2. The number of hydrogen-bond donors (Lipinski definition) is 0. The number of alkyl halides is 2. The third-order valence-electron chi connectivity index (χ3n) is 5.97. The zero-order valence-electron chi connectivity index (χ0n) is 17.8. The molecule has 0 radical (unpaired) electrons. The van der Waals surface area contributed by atoms with Crippen molar-refractivity contribution in [2.45, 2.75) is 49.9 Å². The van der Waals surface area contributed by atoms with Crippen LogP contribution >= 0.6 is 11.8 Å². The van der Waals surface area contributed by atoms with Gasteiger partial charge in [0.15, 0.2) is 5.16 Å². The SMILES string of the molecule is FC(F)Oc1ccc(CN2CCCC(c3ccnc(SCCN4CCCC4)n3)C2)cc1. The van der Waals surface area contributed by atoms with Crippen molar-refractivity contribution in [3.8, 4) is 5.75 Å². The Bertz CT molecular complexity index is 817. The van der Waals surface area contributed by atoms with Gasteiger partial charge in [-0.25, -0.2) is 9.97 Å². The topological polar surface area (TPSA) is 41.5 Å².